The van der Waals surface area contributed by atoms with E-state index in [9.17, 15) is 0 Å². The van der Waals surface area contributed by atoms with Gasteiger partial charge in [-0.3, -0.25) is 4.99 Å². The van der Waals surface area contributed by atoms with E-state index in [2.05, 4.69) is 22.1 Å². The highest BCUT2D eigenvalue weighted by atomic mass is 16.3. The molecule has 1 heterocycles. The van der Waals surface area contributed by atoms with Crippen molar-refractivity contribution in [3.05, 3.63) is 90.5 Å². The van der Waals surface area contributed by atoms with Gasteiger partial charge in [0, 0.05) is 11.8 Å². The molecule has 1 aromatic heterocycles. The second-order valence-corrected chi connectivity index (χ2v) is 5.59. The average Bonchev–Trinajstić information content (AvgIpc) is 3.10. The maximum atomic E-state index is 5.82. The van der Waals surface area contributed by atoms with Crippen molar-refractivity contribution in [1.29, 1.82) is 0 Å². The maximum absolute atomic E-state index is 5.82. The Morgan fingerprint density at radius 3 is 2.40 bits per heavy atom. The molecule has 0 spiro atoms. The molecule has 0 saturated carbocycles. The molecule has 0 unspecified atom stereocenters. The summed E-state index contributed by atoms with van der Waals surface area (Å²) in [7, 11) is 0. The Morgan fingerprint density at radius 2 is 1.60 bits per heavy atom. The molecule has 0 aliphatic heterocycles. The number of allylic oxidation sites excluding steroid dienone is 1. The standard InChI is InChI=1S/C22H16N2O/c1-3-8-17(9-4-1)10-7-15-23-19-13-14-21-20(16-19)24-22(25-21)18-11-5-2-6-12-18/h1-16H. The molecule has 0 radical (unpaired) electrons. The SMILES string of the molecule is C(=Cc1ccccc1)C=Nc1ccc2oc(-c3ccccc3)nc2c1. The maximum Gasteiger partial charge on any atom is 0.227 e. The zero-order valence-corrected chi connectivity index (χ0v) is 13.5. The highest BCUT2D eigenvalue weighted by Crippen LogP contribution is 2.26. The zero-order valence-electron chi connectivity index (χ0n) is 13.5. The molecule has 0 saturated heterocycles. The van der Waals surface area contributed by atoms with E-state index in [-0.39, 0.29) is 0 Å². The Balaban J connectivity index is 1.55. The van der Waals surface area contributed by atoms with Crippen LogP contribution in [0.25, 0.3) is 28.6 Å². The van der Waals surface area contributed by atoms with Crippen molar-refractivity contribution < 1.29 is 4.42 Å². The van der Waals surface area contributed by atoms with Crippen LogP contribution in [0.15, 0.2) is 94.3 Å². The van der Waals surface area contributed by atoms with E-state index in [1.54, 1.807) is 6.21 Å². The van der Waals surface area contributed by atoms with Gasteiger partial charge in [0.05, 0.1) is 5.69 Å². The Hall–Kier alpha value is -3.46. The first-order valence-corrected chi connectivity index (χ1v) is 8.10. The Bertz CT molecular complexity index is 1030. The van der Waals surface area contributed by atoms with E-state index in [1.165, 1.54) is 0 Å². The minimum atomic E-state index is 0.626. The Kier molecular flexibility index (Phi) is 4.21. The summed E-state index contributed by atoms with van der Waals surface area (Å²) in [5.74, 6) is 0.626. The highest BCUT2D eigenvalue weighted by Gasteiger charge is 2.07. The van der Waals surface area contributed by atoms with Crippen LogP contribution in [0.3, 0.4) is 0 Å². The fourth-order valence-electron chi connectivity index (χ4n) is 2.55. The lowest BCUT2D eigenvalue weighted by atomic mass is 10.2. The third-order valence-corrected chi connectivity index (χ3v) is 3.79. The number of hydrogen-bond donors (Lipinski definition) is 0. The van der Waals surface area contributed by atoms with Crippen LogP contribution < -0.4 is 0 Å². The summed E-state index contributed by atoms with van der Waals surface area (Å²) in [6.45, 7) is 0. The van der Waals surface area contributed by atoms with Crippen LogP contribution in [0, 0.1) is 0 Å². The van der Waals surface area contributed by atoms with Crippen molar-refractivity contribution in [2.45, 2.75) is 0 Å². The molecule has 0 bridgehead atoms. The molecule has 4 aromatic rings. The quantitative estimate of drug-likeness (QED) is 0.438. The molecule has 0 amide bonds. The highest BCUT2D eigenvalue weighted by molar-refractivity contribution is 5.83. The smallest absolute Gasteiger partial charge is 0.227 e. The van der Waals surface area contributed by atoms with Gasteiger partial charge in [0.15, 0.2) is 5.58 Å². The average molecular weight is 324 g/mol. The number of oxazole rings is 1. The summed E-state index contributed by atoms with van der Waals surface area (Å²) in [6.07, 6.45) is 5.73. The lowest BCUT2D eigenvalue weighted by molar-refractivity contribution is 0.620. The van der Waals surface area contributed by atoms with Crippen molar-refractivity contribution in [3.63, 3.8) is 0 Å². The van der Waals surface area contributed by atoms with Crippen molar-refractivity contribution >= 4 is 29.1 Å². The van der Waals surface area contributed by atoms with E-state index in [0.29, 0.717) is 5.89 Å². The molecule has 0 fully saturated rings. The first kappa shape index (κ1) is 15.1. The van der Waals surface area contributed by atoms with Gasteiger partial charge >= 0.3 is 0 Å². The zero-order chi connectivity index (χ0) is 16.9. The van der Waals surface area contributed by atoms with Crippen LogP contribution in [0.2, 0.25) is 0 Å². The van der Waals surface area contributed by atoms with E-state index >= 15 is 0 Å². The summed E-state index contributed by atoms with van der Waals surface area (Å²) >= 11 is 0. The number of fused-ring (bicyclic) bond motifs is 1. The minimum absolute atomic E-state index is 0.626. The molecule has 120 valence electrons. The molecule has 25 heavy (non-hydrogen) atoms. The van der Waals surface area contributed by atoms with Crippen LogP contribution in [0.4, 0.5) is 5.69 Å². The lowest BCUT2D eigenvalue weighted by Crippen LogP contribution is -1.74. The van der Waals surface area contributed by atoms with Gasteiger partial charge in [-0.05, 0) is 42.0 Å². The molecular formula is C22H16N2O. The summed E-state index contributed by atoms with van der Waals surface area (Å²) in [5.41, 5.74) is 4.53. The molecule has 0 aliphatic rings. The summed E-state index contributed by atoms with van der Waals surface area (Å²) in [4.78, 5) is 9.02. The fraction of sp³-hybridized carbons (Fsp3) is 0. The molecule has 3 aromatic carbocycles. The molecule has 0 aliphatic carbocycles. The van der Waals surface area contributed by atoms with Crippen LogP contribution >= 0.6 is 0 Å². The summed E-state index contributed by atoms with van der Waals surface area (Å²) in [5, 5.41) is 0. The number of hydrogen-bond acceptors (Lipinski definition) is 3. The van der Waals surface area contributed by atoms with Crippen LogP contribution in [-0.2, 0) is 0 Å². The van der Waals surface area contributed by atoms with Gasteiger partial charge < -0.3 is 4.42 Å². The number of nitrogens with zero attached hydrogens (tertiary/aromatic N) is 2. The monoisotopic (exact) mass is 324 g/mol. The fourth-order valence-corrected chi connectivity index (χ4v) is 2.55. The van der Waals surface area contributed by atoms with Crippen molar-refractivity contribution in [3.8, 4) is 11.5 Å². The molecule has 4 rings (SSSR count). The second kappa shape index (κ2) is 6.97. The lowest BCUT2D eigenvalue weighted by Gasteiger charge is -1.91. The van der Waals surface area contributed by atoms with Gasteiger partial charge in [0.2, 0.25) is 5.89 Å². The van der Waals surface area contributed by atoms with E-state index in [4.69, 9.17) is 4.42 Å². The minimum Gasteiger partial charge on any atom is -0.436 e. The first-order chi connectivity index (χ1) is 12.4. The Morgan fingerprint density at radius 1 is 0.840 bits per heavy atom. The predicted molar refractivity (Wildman–Crippen MR) is 103 cm³/mol. The predicted octanol–water partition coefficient (Wildman–Crippen LogP) is 5.91. The molecule has 0 N–H and O–H groups in total. The molecule has 0 atom stereocenters. The number of aliphatic imine (C=N–C) groups is 1. The van der Waals surface area contributed by atoms with Gasteiger partial charge in [0.25, 0.3) is 0 Å². The van der Waals surface area contributed by atoms with Crippen molar-refractivity contribution in [2.24, 2.45) is 4.99 Å². The molecule has 3 heteroatoms. The van der Waals surface area contributed by atoms with Crippen LogP contribution in [-0.4, -0.2) is 11.2 Å². The molecule has 3 nitrogen and oxygen atoms in total. The van der Waals surface area contributed by atoms with Gasteiger partial charge in [0.1, 0.15) is 5.52 Å². The van der Waals surface area contributed by atoms with Crippen molar-refractivity contribution in [2.75, 3.05) is 0 Å². The Labute approximate surface area is 146 Å². The summed E-state index contributed by atoms with van der Waals surface area (Å²) < 4.78 is 5.82. The second-order valence-electron chi connectivity index (χ2n) is 5.59. The number of rotatable bonds is 4. The number of aromatic nitrogens is 1. The third kappa shape index (κ3) is 3.56. The van der Waals surface area contributed by atoms with Crippen molar-refractivity contribution in [1.82, 2.24) is 4.98 Å². The molecular weight excluding hydrogens is 308 g/mol. The van der Waals surface area contributed by atoms with E-state index in [1.807, 2.05) is 78.9 Å². The van der Waals surface area contributed by atoms with Gasteiger partial charge in [-0.25, -0.2) is 4.98 Å². The van der Waals surface area contributed by atoms with E-state index < -0.39 is 0 Å². The van der Waals surface area contributed by atoms with Crippen LogP contribution in [0.5, 0.6) is 0 Å². The summed E-state index contributed by atoms with van der Waals surface area (Å²) in [6, 6.07) is 25.8. The van der Waals surface area contributed by atoms with Gasteiger partial charge in [-0.2, -0.15) is 0 Å². The van der Waals surface area contributed by atoms with Gasteiger partial charge in [-0.15, -0.1) is 0 Å². The van der Waals surface area contributed by atoms with E-state index in [0.717, 1.165) is 27.9 Å². The topological polar surface area (TPSA) is 38.4 Å². The normalized spacial score (nSPS) is 11.7. The van der Waals surface area contributed by atoms with Crippen LogP contribution in [0.1, 0.15) is 5.56 Å². The largest absolute Gasteiger partial charge is 0.436 e. The third-order valence-electron chi connectivity index (χ3n) is 3.79. The number of benzene rings is 3. The van der Waals surface area contributed by atoms with Gasteiger partial charge in [-0.1, -0.05) is 54.6 Å². The first-order valence-electron chi connectivity index (χ1n) is 8.10.